The summed E-state index contributed by atoms with van der Waals surface area (Å²) in [5.41, 5.74) is 8.37. The van der Waals surface area contributed by atoms with Crippen molar-refractivity contribution in [3.05, 3.63) is 120 Å². The molecule has 0 amide bonds. The van der Waals surface area contributed by atoms with Crippen LogP contribution in [0.2, 0.25) is 25.1 Å². The highest BCUT2D eigenvalue weighted by atomic mass is 35.5. The van der Waals surface area contributed by atoms with Gasteiger partial charge in [-0.2, -0.15) is 5.26 Å². The Labute approximate surface area is 293 Å². The summed E-state index contributed by atoms with van der Waals surface area (Å²) in [4.78, 5) is 12.7. The lowest BCUT2D eigenvalue weighted by molar-refractivity contribution is -0.136. The van der Waals surface area contributed by atoms with Crippen molar-refractivity contribution in [2.24, 2.45) is 5.73 Å². The Morgan fingerprint density at radius 3 is 2.23 bits per heavy atom. The second kappa shape index (κ2) is 14.8. The number of ether oxygens (including phenoxy) is 5. The average molecular weight is 739 g/mol. The molecular weight excluding hydrogens is 717 g/mol. The summed E-state index contributed by atoms with van der Waals surface area (Å²) in [5, 5.41) is 9.54. The number of halogens is 6. The number of rotatable bonds is 10. The minimum Gasteiger partial charge on any atom is -0.490 e. The number of carbonyl (C=O) groups excluding carboxylic acids is 1. The van der Waals surface area contributed by atoms with Gasteiger partial charge in [-0.1, -0.05) is 82.3 Å². The van der Waals surface area contributed by atoms with E-state index in [0.29, 0.717) is 29.2 Å². The van der Waals surface area contributed by atoms with E-state index in [1.54, 1.807) is 36.4 Å². The summed E-state index contributed by atoms with van der Waals surface area (Å²) < 4.78 is 41.8. The van der Waals surface area contributed by atoms with E-state index in [0.717, 1.165) is 5.56 Å². The molecule has 5 rings (SSSR count). The quantitative estimate of drug-likeness (QED) is 0.0742. The first-order valence-electron chi connectivity index (χ1n) is 13.7. The second-order valence-corrected chi connectivity index (χ2v) is 11.7. The first kappa shape index (κ1) is 34.3. The predicted octanol–water partition coefficient (Wildman–Crippen LogP) is 9.27. The van der Waals surface area contributed by atoms with Crippen LogP contribution in [0.1, 0.15) is 29.5 Å². The minimum absolute atomic E-state index is 0.0567. The van der Waals surface area contributed by atoms with Crippen LogP contribution in [0.15, 0.2) is 72.1 Å². The van der Waals surface area contributed by atoms with Gasteiger partial charge in [0, 0.05) is 11.6 Å². The van der Waals surface area contributed by atoms with E-state index < -0.39 is 18.5 Å². The largest absolute Gasteiger partial charge is 0.490 e. The van der Waals surface area contributed by atoms with E-state index in [-0.39, 0.29) is 66.2 Å². The van der Waals surface area contributed by atoms with E-state index >= 15 is 0 Å². The third-order valence-electron chi connectivity index (χ3n) is 6.83. The smallest absolute Gasteiger partial charge is 0.349 e. The Morgan fingerprint density at radius 1 is 0.894 bits per heavy atom. The van der Waals surface area contributed by atoms with Crippen LogP contribution >= 0.6 is 58.0 Å². The number of hydrogen-bond acceptors (Lipinski definition) is 8. The second-order valence-electron chi connectivity index (χ2n) is 9.84. The molecule has 4 aromatic rings. The van der Waals surface area contributed by atoms with Crippen molar-refractivity contribution >= 4 is 64.0 Å². The molecule has 0 saturated carbocycles. The Hall–Kier alpha value is -4.04. The molecule has 1 aliphatic rings. The summed E-state index contributed by atoms with van der Waals surface area (Å²) in [7, 11) is 0. The van der Waals surface area contributed by atoms with Crippen LogP contribution in [0.4, 0.5) is 4.39 Å². The number of allylic oxidation sites excluding steroid dienone is 1. The number of nitrogens with two attached hydrogens (primary N) is 1. The summed E-state index contributed by atoms with van der Waals surface area (Å²) >= 11 is 30.4. The topological polar surface area (TPSA) is 113 Å². The highest BCUT2D eigenvalue weighted by molar-refractivity contribution is 6.55. The zero-order valence-electron chi connectivity index (χ0n) is 24.2. The molecule has 242 valence electrons. The molecule has 0 fully saturated rings. The highest BCUT2D eigenvalue weighted by Crippen LogP contribution is 2.48. The molecule has 47 heavy (non-hydrogen) atoms. The van der Waals surface area contributed by atoms with Gasteiger partial charge < -0.3 is 29.4 Å². The molecule has 0 spiro atoms. The van der Waals surface area contributed by atoms with E-state index in [4.69, 9.17) is 87.4 Å². The number of carbonyl (C=O) groups is 1. The molecule has 4 aromatic carbocycles. The lowest BCUT2D eigenvalue weighted by Gasteiger charge is -2.27. The Balaban J connectivity index is 1.37. The Bertz CT molecular complexity index is 1900. The fourth-order valence-corrected chi connectivity index (χ4v) is 5.91. The maximum Gasteiger partial charge on any atom is 0.349 e. The van der Waals surface area contributed by atoms with Gasteiger partial charge in [-0.25, -0.2) is 9.18 Å². The van der Waals surface area contributed by atoms with Gasteiger partial charge in [-0.05, 0) is 48.4 Å². The van der Waals surface area contributed by atoms with Crippen molar-refractivity contribution in [1.82, 2.24) is 0 Å². The van der Waals surface area contributed by atoms with Crippen LogP contribution in [-0.4, -0.2) is 19.2 Å². The molecule has 0 radical (unpaired) electrons. The van der Waals surface area contributed by atoms with Crippen LogP contribution in [0.3, 0.4) is 0 Å². The standard InChI is InChI=1S/C33H22Cl5FN2O6/c1-2-43-24-11-17(5-10-22(24)44-14-16-3-6-18(39)7-4-16)26-20-9-8-19(12-23(20)47-33(41)21(26)13-40)46-25(42)15-45-32-30(37)28(35)27(34)29(36)31(32)38/h3-12,26H,2,14-15,41H2,1H3. The van der Waals surface area contributed by atoms with Gasteiger partial charge in [0.1, 0.15) is 45.6 Å². The van der Waals surface area contributed by atoms with E-state index in [1.165, 1.54) is 24.3 Å². The molecule has 0 saturated heterocycles. The molecule has 8 nitrogen and oxygen atoms in total. The van der Waals surface area contributed by atoms with Crippen molar-refractivity contribution in [2.75, 3.05) is 13.2 Å². The van der Waals surface area contributed by atoms with Gasteiger partial charge in [0.25, 0.3) is 0 Å². The van der Waals surface area contributed by atoms with E-state index in [9.17, 15) is 14.4 Å². The highest BCUT2D eigenvalue weighted by Gasteiger charge is 2.32. The number of nitriles is 1. The lowest BCUT2D eigenvalue weighted by atomic mass is 9.83. The molecule has 1 atom stereocenters. The normalized spacial score (nSPS) is 13.7. The number of fused-ring (bicyclic) bond motifs is 1. The van der Waals surface area contributed by atoms with E-state index in [1.807, 2.05) is 6.92 Å². The molecule has 0 bridgehead atoms. The van der Waals surface area contributed by atoms with Crippen LogP contribution in [-0.2, 0) is 11.4 Å². The molecule has 1 heterocycles. The summed E-state index contributed by atoms with van der Waals surface area (Å²) in [6, 6.07) is 18.0. The maximum atomic E-state index is 13.3. The molecule has 1 unspecified atom stereocenters. The van der Waals surface area contributed by atoms with Crippen molar-refractivity contribution in [3.8, 4) is 34.8 Å². The number of benzene rings is 4. The predicted molar refractivity (Wildman–Crippen MR) is 177 cm³/mol. The zero-order valence-corrected chi connectivity index (χ0v) is 28.0. The lowest BCUT2D eigenvalue weighted by Crippen LogP contribution is -2.22. The van der Waals surface area contributed by atoms with Gasteiger partial charge in [0.2, 0.25) is 5.88 Å². The van der Waals surface area contributed by atoms with Crippen molar-refractivity contribution in [2.45, 2.75) is 19.4 Å². The fourth-order valence-electron chi connectivity index (χ4n) is 4.68. The van der Waals surface area contributed by atoms with Crippen molar-refractivity contribution < 1.29 is 32.9 Å². The molecule has 0 aromatic heterocycles. The van der Waals surface area contributed by atoms with Gasteiger partial charge in [-0.3, -0.25) is 0 Å². The van der Waals surface area contributed by atoms with Crippen LogP contribution < -0.4 is 29.4 Å². The number of nitrogens with zero attached hydrogens (tertiary/aromatic N) is 1. The maximum absolute atomic E-state index is 13.3. The SMILES string of the molecule is CCOc1cc(C2C(C#N)=C(N)Oc3cc(OC(=O)COc4c(Cl)c(Cl)c(Cl)c(Cl)c4Cl)ccc32)ccc1OCc1ccc(F)cc1. The van der Waals surface area contributed by atoms with Crippen LogP contribution in [0, 0.1) is 17.1 Å². The summed E-state index contributed by atoms with van der Waals surface area (Å²) in [6.45, 7) is 1.75. The average Bonchev–Trinajstić information content (AvgIpc) is 3.06. The first-order valence-corrected chi connectivity index (χ1v) is 15.6. The molecule has 1 aliphatic heterocycles. The Morgan fingerprint density at radius 2 is 1.57 bits per heavy atom. The number of hydrogen-bond donors (Lipinski definition) is 1. The minimum atomic E-state index is -0.814. The van der Waals surface area contributed by atoms with Crippen molar-refractivity contribution in [3.63, 3.8) is 0 Å². The molecule has 14 heteroatoms. The Kier molecular flexibility index (Phi) is 10.8. The molecule has 2 N–H and O–H groups in total. The van der Waals surface area contributed by atoms with Gasteiger partial charge in [-0.15, -0.1) is 0 Å². The summed E-state index contributed by atoms with van der Waals surface area (Å²) in [5.74, 6) is -0.804. The fraction of sp³-hybridized carbons (Fsp3) is 0.152. The third kappa shape index (κ3) is 7.43. The van der Waals surface area contributed by atoms with Crippen LogP contribution in [0.25, 0.3) is 0 Å². The van der Waals surface area contributed by atoms with Gasteiger partial charge in [0.15, 0.2) is 23.9 Å². The number of esters is 1. The van der Waals surface area contributed by atoms with Gasteiger partial charge in [0.05, 0.1) is 27.6 Å². The zero-order chi connectivity index (χ0) is 33.8. The molecule has 0 aliphatic carbocycles. The van der Waals surface area contributed by atoms with E-state index in [2.05, 4.69) is 6.07 Å². The first-order chi connectivity index (χ1) is 22.5. The third-order valence-corrected chi connectivity index (χ3v) is 9.08. The molecular formula is C33H22Cl5FN2O6. The van der Waals surface area contributed by atoms with Crippen LogP contribution in [0.5, 0.6) is 28.7 Å². The summed E-state index contributed by atoms with van der Waals surface area (Å²) in [6.07, 6.45) is 0. The van der Waals surface area contributed by atoms with Gasteiger partial charge >= 0.3 is 5.97 Å². The monoisotopic (exact) mass is 736 g/mol. The van der Waals surface area contributed by atoms with Crippen molar-refractivity contribution in [1.29, 1.82) is 5.26 Å².